The number of likely N-dealkylation sites (tertiary alicyclic amines) is 1. The molecule has 0 aromatic carbocycles. The molecular weight excluding hydrogens is 197 g/mol. The smallest absolute Gasteiger partial charge is 0.341 e. The van der Waals surface area contributed by atoms with Gasteiger partial charge >= 0.3 is 6.18 Å². The van der Waals surface area contributed by atoms with Crippen molar-refractivity contribution < 1.29 is 18.0 Å². The topological polar surface area (TPSA) is 46.3 Å². The van der Waals surface area contributed by atoms with E-state index in [-0.39, 0.29) is 25.4 Å². The molecule has 14 heavy (non-hydrogen) atoms. The molecule has 3 nitrogen and oxygen atoms in total. The third-order valence-corrected chi connectivity index (χ3v) is 2.52. The van der Waals surface area contributed by atoms with Crippen molar-refractivity contribution in [2.45, 2.75) is 25.6 Å². The lowest BCUT2D eigenvalue weighted by Crippen LogP contribution is -2.54. The van der Waals surface area contributed by atoms with E-state index >= 15 is 0 Å². The number of nitrogens with two attached hydrogens (primary N) is 1. The summed E-state index contributed by atoms with van der Waals surface area (Å²) in [6.45, 7) is 1.48. The molecule has 1 saturated heterocycles. The molecule has 1 aliphatic rings. The maximum Gasteiger partial charge on any atom is 0.393 e. The number of piperidine rings is 1. The Morgan fingerprint density at radius 3 is 2.43 bits per heavy atom. The Morgan fingerprint density at radius 1 is 1.50 bits per heavy atom. The van der Waals surface area contributed by atoms with E-state index in [9.17, 15) is 18.0 Å². The maximum absolute atomic E-state index is 12.3. The molecule has 1 amide bonds. The minimum atomic E-state index is -4.25. The number of hydrogen-bond donors (Lipinski definition) is 1. The van der Waals surface area contributed by atoms with Crippen molar-refractivity contribution in [3.63, 3.8) is 0 Å². The molecule has 6 heteroatoms. The summed E-state index contributed by atoms with van der Waals surface area (Å²) in [6, 6.07) is -0.993. The van der Waals surface area contributed by atoms with Gasteiger partial charge in [-0.2, -0.15) is 13.2 Å². The maximum atomic E-state index is 12.3. The van der Waals surface area contributed by atoms with Gasteiger partial charge in [-0.15, -0.1) is 0 Å². The highest BCUT2D eigenvalue weighted by atomic mass is 19.4. The van der Waals surface area contributed by atoms with Crippen LogP contribution >= 0.6 is 0 Å². The van der Waals surface area contributed by atoms with Crippen molar-refractivity contribution >= 4 is 5.91 Å². The molecule has 0 aromatic heterocycles. The normalized spacial score (nSPS) is 29.1. The Balaban J connectivity index is 2.61. The fourth-order valence-electron chi connectivity index (χ4n) is 1.67. The summed E-state index contributed by atoms with van der Waals surface area (Å²) < 4.78 is 37.0. The van der Waals surface area contributed by atoms with Gasteiger partial charge in [-0.25, -0.2) is 0 Å². The van der Waals surface area contributed by atoms with Gasteiger partial charge in [0.25, 0.3) is 0 Å². The fourth-order valence-corrected chi connectivity index (χ4v) is 1.67. The SMILES string of the molecule is CC(=O)N1CCC(C(F)(F)F)C(N)C1. The van der Waals surface area contributed by atoms with Crippen molar-refractivity contribution in [3.05, 3.63) is 0 Å². The fraction of sp³-hybridized carbons (Fsp3) is 0.875. The number of carbonyl (C=O) groups excluding carboxylic acids is 1. The first-order valence-corrected chi connectivity index (χ1v) is 4.40. The quantitative estimate of drug-likeness (QED) is 0.641. The Morgan fingerprint density at radius 2 is 2.07 bits per heavy atom. The zero-order chi connectivity index (χ0) is 10.9. The second-order valence-electron chi connectivity index (χ2n) is 3.57. The highest BCUT2D eigenvalue weighted by Crippen LogP contribution is 2.33. The first kappa shape index (κ1) is 11.3. The van der Waals surface area contributed by atoms with Gasteiger partial charge in [-0.1, -0.05) is 0 Å². The number of carbonyl (C=O) groups is 1. The Kier molecular flexibility index (Phi) is 3.04. The van der Waals surface area contributed by atoms with Crippen LogP contribution in [0.4, 0.5) is 13.2 Å². The summed E-state index contributed by atoms with van der Waals surface area (Å²) in [7, 11) is 0. The number of rotatable bonds is 0. The number of amides is 1. The summed E-state index contributed by atoms with van der Waals surface area (Å²) >= 11 is 0. The van der Waals surface area contributed by atoms with E-state index in [2.05, 4.69) is 0 Å². The van der Waals surface area contributed by atoms with Gasteiger partial charge in [0.2, 0.25) is 5.91 Å². The van der Waals surface area contributed by atoms with Gasteiger partial charge in [0.05, 0.1) is 5.92 Å². The first-order valence-electron chi connectivity index (χ1n) is 4.40. The van der Waals surface area contributed by atoms with Crippen LogP contribution in [0.3, 0.4) is 0 Å². The molecule has 0 spiro atoms. The number of hydrogen-bond acceptors (Lipinski definition) is 2. The van der Waals surface area contributed by atoms with Crippen LogP contribution in [0.15, 0.2) is 0 Å². The summed E-state index contributed by atoms with van der Waals surface area (Å²) in [6.07, 6.45) is -4.34. The largest absolute Gasteiger partial charge is 0.393 e. The van der Waals surface area contributed by atoms with Gasteiger partial charge in [-0.3, -0.25) is 4.79 Å². The second-order valence-corrected chi connectivity index (χ2v) is 3.57. The molecule has 2 N–H and O–H groups in total. The van der Waals surface area contributed by atoms with Gasteiger partial charge in [0.15, 0.2) is 0 Å². The van der Waals surface area contributed by atoms with Crippen LogP contribution in [0.5, 0.6) is 0 Å². The molecule has 0 saturated carbocycles. The molecule has 1 heterocycles. The number of halogens is 3. The molecular formula is C8H13F3N2O. The molecule has 2 unspecified atom stereocenters. The molecule has 1 fully saturated rings. The lowest BCUT2D eigenvalue weighted by atomic mass is 9.91. The average molecular weight is 210 g/mol. The van der Waals surface area contributed by atoms with E-state index in [1.54, 1.807) is 0 Å². The van der Waals surface area contributed by atoms with Crippen LogP contribution in [0.25, 0.3) is 0 Å². The number of alkyl halides is 3. The molecule has 2 atom stereocenters. The minimum absolute atomic E-state index is 0.000486. The van der Waals surface area contributed by atoms with E-state index in [1.807, 2.05) is 0 Å². The Hall–Kier alpha value is -0.780. The van der Waals surface area contributed by atoms with E-state index in [0.717, 1.165) is 0 Å². The van der Waals surface area contributed by atoms with Crippen LogP contribution < -0.4 is 5.73 Å². The summed E-state index contributed by atoms with van der Waals surface area (Å²) in [5.74, 6) is -1.70. The first-order chi connectivity index (χ1) is 6.32. The van der Waals surface area contributed by atoms with Crippen LogP contribution in [-0.2, 0) is 4.79 Å². The van der Waals surface area contributed by atoms with Gasteiger partial charge in [-0.05, 0) is 6.42 Å². The van der Waals surface area contributed by atoms with E-state index in [0.29, 0.717) is 0 Å². The monoisotopic (exact) mass is 210 g/mol. The summed E-state index contributed by atoms with van der Waals surface area (Å²) in [5.41, 5.74) is 5.38. The third-order valence-electron chi connectivity index (χ3n) is 2.52. The average Bonchev–Trinajstić information content (AvgIpc) is 2.01. The predicted octanol–water partition coefficient (Wildman–Crippen LogP) is 0.744. The molecule has 0 aliphatic carbocycles. The highest BCUT2D eigenvalue weighted by Gasteiger charge is 2.45. The Bertz CT molecular complexity index is 229. The van der Waals surface area contributed by atoms with Crippen LogP contribution in [0.1, 0.15) is 13.3 Å². The van der Waals surface area contributed by atoms with Crippen molar-refractivity contribution in [1.29, 1.82) is 0 Å². The molecule has 0 bridgehead atoms. The highest BCUT2D eigenvalue weighted by molar-refractivity contribution is 5.73. The van der Waals surface area contributed by atoms with Crippen LogP contribution in [-0.4, -0.2) is 36.1 Å². The molecule has 82 valence electrons. The van der Waals surface area contributed by atoms with Crippen LogP contribution in [0, 0.1) is 5.92 Å². The lowest BCUT2D eigenvalue weighted by Gasteiger charge is -2.36. The van der Waals surface area contributed by atoms with E-state index in [1.165, 1.54) is 11.8 Å². The van der Waals surface area contributed by atoms with E-state index < -0.39 is 18.1 Å². The molecule has 1 rings (SSSR count). The molecule has 0 radical (unpaired) electrons. The van der Waals surface area contributed by atoms with Gasteiger partial charge in [0.1, 0.15) is 0 Å². The molecule has 0 aromatic rings. The second kappa shape index (κ2) is 3.76. The summed E-state index contributed by atoms with van der Waals surface area (Å²) in [4.78, 5) is 12.2. The van der Waals surface area contributed by atoms with Gasteiger partial charge in [0, 0.05) is 26.1 Å². The lowest BCUT2D eigenvalue weighted by molar-refractivity contribution is -0.190. The van der Waals surface area contributed by atoms with Crippen molar-refractivity contribution in [3.8, 4) is 0 Å². The van der Waals surface area contributed by atoms with Crippen LogP contribution in [0.2, 0.25) is 0 Å². The zero-order valence-electron chi connectivity index (χ0n) is 7.84. The predicted molar refractivity (Wildman–Crippen MR) is 44.4 cm³/mol. The van der Waals surface area contributed by atoms with Gasteiger partial charge < -0.3 is 10.6 Å². The standard InChI is InChI=1S/C8H13F3N2O/c1-5(14)13-3-2-6(7(12)4-13)8(9,10)11/h6-7H,2-4,12H2,1H3. The van der Waals surface area contributed by atoms with Crippen molar-refractivity contribution in [1.82, 2.24) is 4.90 Å². The summed E-state index contributed by atoms with van der Waals surface area (Å²) in [5, 5.41) is 0. The van der Waals surface area contributed by atoms with Crippen molar-refractivity contribution in [2.24, 2.45) is 11.7 Å². The zero-order valence-corrected chi connectivity index (χ0v) is 7.84. The number of nitrogens with zero attached hydrogens (tertiary/aromatic N) is 1. The molecule has 1 aliphatic heterocycles. The Labute approximate surface area is 80.0 Å². The van der Waals surface area contributed by atoms with E-state index in [4.69, 9.17) is 5.73 Å². The van der Waals surface area contributed by atoms with Crippen molar-refractivity contribution in [2.75, 3.05) is 13.1 Å². The third kappa shape index (κ3) is 2.37. The minimum Gasteiger partial charge on any atom is -0.341 e.